The predicted molar refractivity (Wildman–Crippen MR) is 136 cm³/mol. The van der Waals surface area contributed by atoms with Crippen molar-refractivity contribution in [1.29, 1.82) is 0 Å². The number of alkyl halides is 2. The second-order valence-corrected chi connectivity index (χ2v) is 9.97. The predicted octanol–water partition coefficient (Wildman–Crippen LogP) is 4.15. The number of nitrogens with zero attached hydrogens (tertiary/aromatic N) is 7. The van der Waals surface area contributed by atoms with Gasteiger partial charge in [0.2, 0.25) is 12.2 Å². The second kappa shape index (κ2) is 10.4. The first-order chi connectivity index (χ1) is 18.2. The molecule has 9 nitrogen and oxygen atoms in total. The third-order valence-electron chi connectivity index (χ3n) is 7.22. The van der Waals surface area contributed by atoms with E-state index in [0.717, 1.165) is 35.5 Å². The molecule has 38 heavy (non-hydrogen) atoms. The summed E-state index contributed by atoms with van der Waals surface area (Å²) in [7, 11) is 0. The van der Waals surface area contributed by atoms with Crippen LogP contribution in [0.4, 0.5) is 8.78 Å². The molecule has 3 atom stereocenters. The quantitative estimate of drug-likeness (QED) is 0.275. The number of Topliss-reactive ketones (excluding diaryl/α,β-unsaturated/α-hetero) is 1. The van der Waals surface area contributed by atoms with Gasteiger partial charge in [0.25, 0.3) is 0 Å². The summed E-state index contributed by atoms with van der Waals surface area (Å²) in [5.74, 6) is 1.19. The first-order valence-corrected chi connectivity index (χ1v) is 12.6. The summed E-state index contributed by atoms with van der Waals surface area (Å²) in [4.78, 5) is 39.3. The molecule has 1 aliphatic rings. The summed E-state index contributed by atoms with van der Waals surface area (Å²) in [6, 6.07) is 3.41. The third kappa shape index (κ3) is 5.32. The van der Waals surface area contributed by atoms with E-state index in [1.54, 1.807) is 6.20 Å². The van der Waals surface area contributed by atoms with Gasteiger partial charge >= 0.3 is 6.55 Å². The summed E-state index contributed by atoms with van der Waals surface area (Å²) >= 11 is 0. The molecule has 0 saturated heterocycles. The van der Waals surface area contributed by atoms with E-state index in [4.69, 9.17) is 4.98 Å². The minimum absolute atomic E-state index is 0.151. The minimum Gasteiger partial charge on any atom is -0.335 e. The second-order valence-electron chi connectivity index (χ2n) is 9.97. The Kier molecular flexibility index (Phi) is 7.00. The molecule has 4 aromatic heterocycles. The van der Waals surface area contributed by atoms with Gasteiger partial charge in [-0.05, 0) is 62.6 Å². The number of hydrogen-bond donors (Lipinski definition) is 0. The number of imidazole rings is 1. The molecule has 1 aliphatic carbocycles. The first kappa shape index (κ1) is 25.6. The fourth-order valence-electron chi connectivity index (χ4n) is 5.11. The number of carbonyl (C=O) groups is 2. The van der Waals surface area contributed by atoms with Gasteiger partial charge in [-0.1, -0.05) is 6.07 Å². The van der Waals surface area contributed by atoms with Gasteiger partial charge < -0.3 is 4.90 Å². The number of ketones is 1. The molecular weight excluding hydrogens is 492 g/mol. The Morgan fingerprint density at radius 1 is 1.18 bits per heavy atom. The summed E-state index contributed by atoms with van der Waals surface area (Å²) in [5, 5.41) is 3.62. The standard InChI is InChI=1S/C27H29F2N7O2/c1-16-12-35-14-21(11-30-27(35)32-16)24-5-4-22(17(2)33-24)23-9-20(23)6-7-34(15-37)25(18(3)38)8-19-10-31-36(13-19)26(28)29/h4-5,10-15,20,23,25-26H,6-9H2,1-3H3. The van der Waals surface area contributed by atoms with E-state index >= 15 is 0 Å². The Morgan fingerprint density at radius 3 is 2.68 bits per heavy atom. The Labute approximate surface area is 218 Å². The maximum atomic E-state index is 12.8. The van der Waals surface area contributed by atoms with E-state index in [2.05, 4.69) is 21.1 Å². The molecule has 4 aromatic rings. The molecule has 198 valence electrons. The Balaban J connectivity index is 1.22. The summed E-state index contributed by atoms with van der Waals surface area (Å²) in [6.07, 6.45) is 10.8. The molecule has 1 amide bonds. The zero-order valence-corrected chi connectivity index (χ0v) is 21.5. The van der Waals surface area contributed by atoms with E-state index in [1.807, 2.05) is 36.7 Å². The number of aryl methyl sites for hydroxylation is 2. The third-order valence-corrected chi connectivity index (χ3v) is 7.22. The van der Waals surface area contributed by atoms with Crippen molar-refractivity contribution in [2.24, 2.45) is 5.92 Å². The first-order valence-electron chi connectivity index (χ1n) is 12.6. The highest BCUT2D eigenvalue weighted by molar-refractivity contribution is 5.83. The lowest BCUT2D eigenvalue weighted by Crippen LogP contribution is -2.41. The highest BCUT2D eigenvalue weighted by Crippen LogP contribution is 2.50. The van der Waals surface area contributed by atoms with Gasteiger partial charge in [0, 0.05) is 49.0 Å². The summed E-state index contributed by atoms with van der Waals surface area (Å²) in [6.45, 7) is 3.01. The molecule has 1 fully saturated rings. The maximum absolute atomic E-state index is 12.8. The fraction of sp³-hybridized carbons (Fsp3) is 0.407. The number of fused-ring (bicyclic) bond motifs is 1. The van der Waals surface area contributed by atoms with Gasteiger partial charge in [-0.3, -0.25) is 19.0 Å². The van der Waals surface area contributed by atoms with Crippen molar-refractivity contribution in [3.05, 3.63) is 65.6 Å². The van der Waals surface area contributed by atoms with Crippen molar-refractivity contribution < 1.29 is 18.4 Å². The molecule has 0 aliphatic heterocycles. The van der Waals surface area contributed by atoms with E-state index in [9.17, 15) is 18.4 Å². The highest BCUT2D eigenvalue weighted by atomic mass is 19.3. The number of carbonyl (C=O) groups excluding carboxylic acids is 2. The van der Waals surface area contributed by atoms with Crippen LogP contribution in [0.1, 0.15) is 54.7 Å². The number of aromatic nitrogens is 6. The lowest BCUT2D eigenvalue weighted by Gasteiger charge is -2.26. The molecule has 11 heteroatoms. The fourth-order valence-corrected chi connectivity index (χ4v) is 5.11. The van der Waals surface area contributed by atoms with Crippen LogP contribution in [-0.2, 0) is 16.0 Å². The molecular formula is C27H29F2N7O2. The van der Waals surface area contributed by atoms with Crippen LogP contribution < -0.4 is 0 Å². The van der Waals surface area contributed by atoms with E-state index in [0.29, 0.717) is 40.8 Å². The number of halogens is 2. The van der Waals surface area contributed by atoms with Crippen molar-refractivity contribution in [3.63, 3.8) is 0 Å². The van der Waals surface area contributed by atoms with Crippen molar-refractivity contribution in [2.75, 3.05) is 6.54 Å². The van der Waals surface area contributed by atoms with Crippen LogP contribution in [0.15, 0.2) is 43.1 Å². The van der Waals surface area contributed by atoms with Gasteiger partial charge in [-0.15, -0.1) is 0 Å². The number of amides is 1. The molecule has 1 saturated carbocycles. The lowest BCUT2D eigenvalue weighted by molar-refractivity contribution is -0.130. The van der Waals surface area contributed by atoms with Crippen LogP contribution in [0.2, 0.25) is 0 Å². The van der Waals surface area contributed by atoms with Crippen molar-refractivity contribution >= 4 is 18.0 Å². The van der Waals surface area contributed by atoms with E-state index in [1.165, 1.54) is 29.8 Å². The number of rotatable bonds is 11. The van der Waals surface area contributed by atoms with Crippen molar-refractivity contribution in [3.8, 4) is 11.3 Å². The van der Waals surface area contributed by atoms with E-state index in [-0.39, 0.29) is 12.2 Å². The SMILES string of the molecule is CC(=O)C(Cc1cnn(C(F)F)c1)N(C=O)CCC1CC1c1ccc(-c2cnc3nc(C)cn3c2)nc1C. The van der Waals surface area contributed by atoms with E-state index < -0.39 is 12.6 Å². The summed E-state index contributed by atoms with van der Waals surface area (Å²) in [5.41, 5.74) is 5.29. The molecule has 0 N–H and O–H groups in total. The van der Waals surface area contributed by atoms with Crippen molar-refractivity contribution in [2.45, 2.75) is 58.5 Å². The molecule has 5 rings (SSSR count). The normalized spacial score (nSPS) is 17.6. The topological polar surface area (TPSA) is 98.3 Å². The maximum Gasteiger partial charge on any atom is 0.333 e. The van der Waals surface area contributed by atoms with Crippen LogP contribution in [0, 0.1) is 19.8 Å². The van der Waals surface area contributed by atoms with Gasteiger partial charge in [-0.2, -0.15) is 13.9 Å². The zero-order chi connectivity index (χ0) is 27.0. The molecule has 0 spiro atoms. The molecule has 3 unspecified atom stereocenters. The van der Waals surface area contributed by atoms with Crippen molar-refractivity contribution in [1.82, 2.24) is 34.0 Å². The monoisotopic (exact) mass is 521 g/mol. The average molecular weight is 522 g/mol. The lowest BCUT2D eigenvalue weighted by atomic mass is 10.0. The van der Waals surface area contributed by atoms with Gasteiger partial charge in [0.1, 0.15) is 0 Å². The molecule has 0 aromatic carbocycles. The van der Waals surface area contributed by atoms with Gasteiger partial charge in [-0.25, -0.2) is 14.6 Å². The van der Waals surface area contributed by atoms with Crippen LogP contribution in [-0.4, -0.2) is 58.8 Å². The molecule has 0 radical (unpaired) electrons. The van der Waals surface area contributed by atoms with Crippen LogP contribution in [0.5, 0.6) is 0 Å². The summed E-state index contributed by atoms with van der Waals surface area (Å²) < 4.78 is 28.1. The Hall–Kier alpha value is -4.02. The highest BCUT2D eigenvalue weighted by Gasteiger charge is 2.39. The molecule has 0 bridgehead atoms. The number of hydrogen-bond acceptors (Lipinski definition) is 6. The number of pyridine rings is 1. The van der Waals surface area contributed by atoms with Crippen LogP contribution in [0.25, 0.3) is 17.0 Å². The van der Waals surface area contributed by atoms with Gasteiger partial charge in [0.15, 0.2) is 5.78 Å². The minimum atomic E-state index is -2.75. The average Bonchev–Trinajstić information content (AvgIpc) is 3.29. The largest absolute Gasteiger partial charge is 0.335 e. The Morgan fingerprint density at radius 2 is 2.00 bits per heavy atom. The smallest absolute Gasteiger partial charge is 0.333 e. The van der Waals surface area contributed by atoms with Crippen LogP contribution in [0.3, 0.4) is 0 Å². The molecule has 4 heterocycles. The Bertz CT molecular complexity index is 1480. The zero-order valence-electron chi connectivity index (χ0n) is 21.5. The van der Waals surface area contributed by atoms with Gasteiger partial charge in [0.05, 0.1) is 23.6 Å². The van der Waals surface area contributed by atoms with Crippen LogP contribution >= 0.6 is 0 Å².